The highest BCUT2D eigenvalue weighted by Gasteiger charge is 2.20. The molecule has 4 aromatic carbocycles. The van der Waals surface area contributed by atoms with Crippen molar-refractivity contribution in [2.45, 2.75) is 0 Å². The fourth-order valence-electron chi connectivity index (χ4n) is 5.39. The van der Waals surface area contributed by atoms with Gasteiger partial charge in [-0.05, 0) is 54.6 Å². The van der Waals surface area contributed by atoms with Crippen LogP contribution in [0.1, 0.15) is 5.56 Å². The average molecular weight is 540 g/mol. The first-order chi connectivity index (χ1) is 20.1. The minimum Gasteiger partial charge on any atom is -0.454 e. The summed E-state index contributed by atoms with van der Waals surface area (Å²) in [4.78, 5) is 38.7. The third-order valence-corrected chi connectivity index (χ3v) is 7.33. The number of H-pyrrole nitrogens is 2. The topological polar surface area (TPSA) is 107 Å². The van der Waals surface area contributed by atoms with Gasteiger partial charge in [-0.2, -0.15) is 0 Å². The number of nitrogens with zero attached hydrogens (tertiary/aromatic N) is 3. The van der Waals surface area contributed by atoms with Crippen molar-refractivity contribution in [2.24, 2.45) is 0 Å². The molecule has 0 bridgehead atoms. The molecule has 0 amide bonds. The second kappa shape index (κ2) is 8.85. The SMILES string of the molecule is O=c1c(-c2cc3ccccc3[nH]2)nc2ccccc2n1/C=C(/c1ccc2c(c1)OCO2)n1c(=O)[nH]c2ccccc21. The molecule has 0 aliphatic carbocycles. The summed E-state index contributed by atoms with van der Waals surface area (Å²) >= 11 is 0. The van der Waals surface area contributed by atoms with Gasteiger partial charge >= 0.3 is 5.69 Å². The maximum Gasteiger partial charge on any atom is 0.331 e. The van der Waals surface area contributed by atoms with Gasteiger partial charge < -0.3 is 19.4 Å². The number of para-hydroxylation sites is 5. The van der Waals surface area contributed by atoms with Crippen LogP contribution in [-0.2, 0) is 0 Å². The summed E-state index contributed by atoms with van der Waals surface area (Å²) in [5.41, 5.74) is 4.85. The van der Waals surface area contributed by atoms with Gasteiger partial charge in [-0.15, -0.1) is 0 Å². The average Bonchev–Trinajstić information content (AvgIpc) is 3.72. The molecule has 0 saturated heterocycles. The highest BCUT2D eigenvalue weighted by molar-refractivity contribution is 5.90. The molecule has 4 heterocycles. The van der Waals surface area contributed by atoms with E-state index in [-0.39, 0.29) is 23.7 Å². The van der Waals surface area contributed by atoms with Crippen molar-refractivity contribution >= 4 is 44.9 Å². The Labute approximate surface area is 231 Å². The predicted octanol–water partition coefficient (Wildman–Crippen LogP) is 5.42. The Morgan fingerprint density at radius 1 is 0.780 bits per heavy atom. The first kappa shape index (κ1) is 23.1. The van der Waals surface area contributed by atoms with Crippen molar-refractivity contribution in [1.29, 1.82) is 0 Å². The van der Waals surface area contributed by atoms with Crippen LogP contribution in [-0.4, -0.2) is 30.9 Å². The van der Waals surface area contributed by atoms with Crippen LogP contribution in [0.3, 0.4) is 0 Å². The molecule has 1 aliphatic heterocycles. The van der Waals surface area contributed by atoms with Gasteiger partial charge in [0.05, 0.1) is 33.5 Å². The van der Waals surface area contributed by atoms with E-state index in [0.717, 1.165) is 10.9 Å². The minimum absolute atomic E-state index is 0.118. The van der Waals surface area contributed by atoms with Crippen molar-refractivity contribution in [3.8, 4) is 22.9 Å². The third-order valence-electron chi connectivity index (χ3n) is 7.33. The summed E-state index contributed by atoms with van der Waals surface area (Å²) in [6.07, 6.45) is 1.69. The number of rotatable bonds is 4. The van der Waals surface area contributed by atoms with E-state index in [1.54, 1.807) is 21.4 Å². The van der Waals surface area contributed by atoms with E-state index in [0.29, 0.717) is 50.5 Å². The monoisotopic (exact) mass is 539 g/mol. The van der Waals surface area contributed by atoms with E-state index < -0.39 is 0 Å². The van der Waals surface area contributed by atoms with Gasteiger partial charge in [0.2, 0.25) is 6.79 Å². The highest BCUT2D eigenvalue weighted by Crippen LogP contribution is 2.35. The molecular weight excluding hydrogens is 518 g/mol. The van der Waals surface area contributed by atoms with Gasteiger partial charge in [0.25, 0.3) is 5.56 Å². The standard InChI is InChI=1S/C32H21N5O4/c38-31-30(24-15-19-7-1-2-8-21(19)33-24)34-22-9-3-5-11-25(22)36(31)17-27(20-13-14-28-29(16-20)41-18-40-28)37-26-12-6-4-10-23(26)35-32(37)39/h1-17,33H,18H2,(H,35,39)/b27-17-. The van der Waals surface area contributed by atoms with Crippen molar-refractivity contribution in [1.82, 2.24) is 24.1 Å². The number of imidazole rings is 1. The van der Waals surface area contributed by atoms with Crippen molar-refractivity contribution in [3.05, 3.63) is 123 Å². The Morgan fingerprint density at radius 3 is 2.41 bits per heavy atom. The molecule has 8 rings (SSSR count). The number of fused-ring (bicyclic) bond motifs is 4. The van der Waals surface area contributed by atoms with Gasteiger partial charge in [0, 0.05) is 22.7 Å². The molecule has 9 heteroatoms. The first-order valence-electron chi connectivity index (χ1n) is 13.1. The predicted molar refractivity (Wildman–Crippen MR) is 158 cm³/mol. The maximum absolute atomic E-state index is 14.2. The maximum atomic E-state index is 14.2. The van der Waals surface area contributed by atoms with Gasteiger partial charge in [-0.25, -0.2) is 9.78 Å². The molecule has 0 radical (unpaired) electrons. The molecule has 0 atom stereocenters. The van der Waals surface area contributed by atoms with Crippen molar-refractivity contribution in [3.63, 3.8) is 0 Å². The molecule has 3 aromatic heterocycles. The van der Waals surface area contributed by atoms with Crippen LogP contribution < -0.4 is 20.7 Å². The molecule has 0 saturated carbocycles. The van der Waals surface area contributed by atoms with Crippen molar-refractivity contribution in [2.75, 3.05) is 6.79 Å². The smallest absolute Gasteiger partial charge is 0.331 e. The molecule has 1 aliphatic rings. The molecule has 41 heavy (non-hydrogen) atoms. The van der Waals surface area contributed by atoms with Crippen LogP contribution in [0.5, 0.6) is 11.5 Å². The Balaban J connectivity index is 1.45. The molecule has 2 N–H and O–H groups in total. The lowest BCUT2D eigenvalue weighted by atomic mass is 10.1. The highest BCUT2D eigenvalue weighted by atomic mass is 16.7. The summed E-state index contributed by atoms with van der Waals surface area (Å²) < 4.78 is 14.3. The Morgan fingerprint density at radius 2 is 1.54 bits per heavy atom. The van der Waals surface area contributed by atoms with Crippen molar-refractivity contribution < 1.29 is 9.47 Å². The number of aromatic amines is 2. The van der Waals surface area contributed by atoms with E-state index in [4.69, 9.17) is 14.5 Å². The molecule has 0 unspecified atom stereocenters. The largest absolute Gasteiger partial charge is 0.454 e. The van der Waals surface area contributed by atoms with E-state index in [9.17, 15) is 9.59 Å². The molecule has 198 valence electrons. The van der Waals surface area contributed by atoms with Crippen LogP contribution in [0.4, 0.5) is 0 Å². The number of benzene rings is 4. The van der Waals surface area contributed by atoms with Gasteiger partial charge in [-0.3, -0.25) is 13.9 Å². The van der Waals surface area contributed by atoms with E-state index in [1.165, 1.54) is 0 Å². The zero-order chi connectivity index (χ0) is 27.5. The summed E-state index contributed by atoms with van der Waals surface area (Å²) in [6.45, 7) is 0.118. The van der Waals surface area contributed by atoms with Gasteiger partial charge in [0.1, 0.15) is 0 Å². The Hall–Kier alpha value is -5.83. The summed E-state index contributed by atoms with van der Waals surface area (Å²) in [5, 5.41) is 0.977. The molecule has 9 nitrogen and oxygen atoms in total. The lowest BCUT2D eigenvalue weighted by Gasteiger charge is -2.14. The minimum atomic E-state index is -0.336. The zero-order valence-electron chi connectivity index (χ0n) is 21.5. The van der Waals surface area contributed by atoms with Crippen LogP contribution in [0.2, 0.25) is 0 Å². The zero-order valence-corrected chi connectivity index (χ0v) is 21.5. The van der Waals surface area contributed by atoms with E-state index >= 15 is 0 Å². The van der Waals surface area contributed by atoms with Crippen LogP contribution in [0, 0.1) is 0 Å². The first-order valence-corrected chi connectivity index (χ1v) is 13.1. The number of hydrogen-bond acceptors (Lipinski definition) is 5. The summed E-state index contributed by atoms with van der Waals surface area (Å²) in [5.74, 6) is 1.18. The normalized spacial score (nSPS) is 13.0. The van der Waals surface area contributed by atoms with Gasteiger partial charge in [-0.1, -0.05) is 42.5 Å². The van der Waals surface area contributed by atoms with Crippen LogP contribution in [0.15, 0.2) is 107 Å². The second-order valence-electron chi connectivity index (χ2n) is 9.76. The fraction of sp³-hybridized carbons (Fsp3) is 0.0312. The lowest BCUT2D eigenvalue weighted by molar-refractivity contribution is 0.174. The quantitative estimate of drug-likeness (QED) is 0.311. The Kier molecular flexibility index (Phi) is 4.99. The molecular formula is C32H21N5O4. The molecule has 0 spiro atoms. The van der Waals surface area contributed by atoms with Crippen LogP contribution >= 0.6 is 0 Å². The number of hydrogen-bond donors (Lipinski definition) is 2. The van der Waals surface area contributed by atoms with E-state index in [1.807, 2.05) is 91.0 Å². The van der Waals surface area contributed by atoms with Gasteiger partial charge in [0.15, 0.2) is 17.2 Å². The number of nitrogens with one attached hydrogen (secondary N) is 2. The molecule has 7 aromatic rings. The lowest BCUT2D eigenvalue weighted by Crippen LogP contribution is -2.23. The molecule has 0 fully saturated rings. The van der Waals surface area contributed by atoms with Crippen LogP contribution in [0.25, 0.3) is 56.3 Å². The number of aromatic nitrogens is 5. The van der Waals surface area contributed by atoms with E-state index in [2.05, 4.69) is 9.97 Å². The third kappa shape index (κ3) is 3.67. The summed E-state index contributed by atoms with van der Waals surface area (Å²) in [7, 11) is 0. The Bertz CT molecular complexity index is 2270. The number of ether oxygens (including phenoxy) is 2. The fourth-order valence-corrected chi connectivity index (χ4v) is 5.39. The second-order valence-corrected chi connectivity index (χ2v) is 9.76. The summed E-state index contributed by atoms with van der Waals surface area (Å²) in [6, 6.07) is 30.1.